The lowest BCUT2D eigenvalue weighted by molar-refractivity contribution is -0.0498. The number of halogens is 2. The second kappa shape index (κ2) is 7.93. The Kier molecular flexibility index (Phi) is 6.21. The fraction of sp³-hybridized carbons (Fsp3) is 0.333. The van der Waals surface area contributed by atoms with Crippen molar-refractivity contribution in [3.63, 3.8) is 0 Å². The minimum atomic E-state index is -2.94. The number of hydrogen-bond donors (Lipinski definition) is 3. The summed E-state index contributed by atoms with van der Waals surface area (Å²) >= 11 is 0. The summed E-state index contributed by atoms with van der Waals surface area (Å²) in [7, 11) is 0. The molecule has 1 rings (SSSR count). The molecule has 0 atom stereocenters. The van der Waals surface area contributed by atoms with E-state index in [9.17, 15) is 13.6 Å². The minimum Gasteiger partial charge on any atom is -0.435 e. The van der Waals surface area contributed by atoms with Gasteiger partial charge in [0.1, 0.15) is 11.6 Å². The van der Waals surface area contributed by atoms with Gasteiger partial charge in [-0.05, 0) is 24.6 Å². The summed E-state index contributed by atoms with van der Waals surface area (Å²) in [6, 6.07) is 5.49. The summed E-state index contributed by atoms with van der Waals surface area (Å²) in [5, 5.41) is 13.7. The quantitative estimate of drug-likeness (QED) is 0.233. The van der Waals surface area contributed by atoms with Crippen LogP contribution in [0.3, 0.4) is 0 Å². The average Bonchev–Trinajstić information content (AvgIpc) is 2.42. The number of hydrogen-bond acceptors (Lipinski definition) is 4. The van der Waals surface area contributed by atoms with Crippen LogP contribution >= 0.6 is 0 Å². The third-order valence-corrected chi connectivity index (χ3v) is 2.35. The summed E-state index contributed by atoms with van der Waals surface area (Å²) in [5.41, 5.74) is 5.48. The number of nitrogens with one attached hydrogen (secondary N) is 1. The van der Waals surface area contributed by atoms with E-state index in [4.69, 9.17) is 10.9 Å². The summed E-state index contributed by atoms with van der Waals surface area (Å²) < 4.78 is 28.3. The highest BCUT2D eigenvalue weighted by Gasteiger charge is 2.09. The molecule has 0 saturated carbocycles. The molecule has 1 aromatic rings. The topological polar surface area (TPSA) is 96.9 Å². The van der Waals surface area contributed by atoms with Gasteiger partial charge < -0.3 is 21.0 Å². The molecule has 0 aliphatic rings. The van der Waals surface area contributed by atoms with E-state index in [0.29, 0.717) is 19.4 Å². The number of ether oxygens (including phenoxy) is 1. The number of nitrogens with two attached hydrogens (primary N) is 1. The molecule has 0 aliphatic carbocycles. The number of carbonyl (C=O) groups excluding carboxylic acids is 1. The zero-order chi connectivity index (χ0) is 15.0. The fourth-order valence-corrected chi connectivity index (χ4v) is 1.44. The smallest absolute Gasteiger partial charge is 0.387 e. The minimum absolute atomic E-state index is 0.0755. The maximum atomic E-state index is 12.0. The number of oxime groups is 1. The van der Waals surface area contributed by atoms with E-state index < -0.39 is 12.5 Å². The Balaban J connectivity index is 2.47. The number of carbonyl (C=O) groups is 1. The maximum absolute atomic E-state index is 12.0. The van der Waals surface area contributed by atoms with Crippen molar-refractivity contribution in [3.05, 3.63) is 29.8 Å². The number of nitrogens with zero attached hydrogens (tertiary/aromatic N) is 1. The van der Waals surface area contributed by atoms with Crippen LogP contribution in [0.5, 0.6) is 5.75 Å². The Bertz CT molecular complexity index is 481. The average molecular weight is 287 g/mol. The Labute approximate surface area is 114 Å². The molecule has 0 heterocycles. The molecular weight excluding hydrogens is 272 g/mol. The van der Waals surface area contributed by atoms with Crippen LogP contribution in [0.4, 0.5) is 8.78 Å². The van der Waals surface area contributed by atoms with Crippen molar-refractivity contribution < 1.29 is 23.5 Å². The normalized spacial score (nSPS) is 11.4. The largest absolute Gasteiger partial charge is 0.435 e. The van der Waals surface area contributed by atoms with E-state index in [0.717, 1.165) is 0 Å². The van der Waals surface area contributed by atoms with Crippen LogP contribution in [0, 0.1) is 0 Å². The SMILES string of the molecule is NC(CCCNC(=O)c1cccc(OC(F)F)c1)=NO. The first-order valence-corrected chi connectivity index (χ1v) is 5.82. The standard InChI is InChI=1S/C12H15F2N3O3/c13-12(14)20-9-4-1-3-8(7-9)11(18)16-6-2-5-10(15)17-19/h1,3-4,7,12,19H,2,5-6H2,(H2,15,17)(H,16,18). The van der Waals surface area contributed by atoms with Gasteiger partial charge in [0.2, 0.25) is 0 Å². The van der Waals surface area contributed by atoms with Gasteiger partial charge in [0, 0.05) is 18.5 Å². The maximum Gasteiger partial charge on any atom is 0.387 e. The van der Waals surface area contributed by atoms with Crippen molar-refractivity contribution in [2.24, 2.45) is 10.9 Å². The van der Waals surface area contributed by atoms with Crippen LogP contribution in [0.25, 0.3) is 0 Å². The molecule has 0 fully saturated rings. The second-order valence-corrected chi connectivity index (χ2v) is 3.86. The lowest BCUT2D eigenvalue weighted by Gasteiger charge is -2.07. The molecule has 1 amide bonds. The highest BCUT2D eigenvalue weighted by Crippen LogP contribution is 2.15. The summed E-state index contributed by atoms with van der Waals surface area (Å²) in [4.78, 5) is 11.7. The van der Waals surface area contributed by atoms with Crippen molar-refractivity contribution in [2.45, 2.75) is 19.5 Å². The zero-order valence-electron chi connectivity index (χ0n) is 10.6. The Hall–Kier alpha value is -2.38. The van der Waals surface area contributed by atoms with Crippen molar-refractivity contribution in [1.82, 2.24) is 5.32 Å². The Morgan fingerprint density at radius 3 is 2.90 bits per heavy atom. The summed E-state index contributed by atoms with van der Waals surface area (Å²) in [6.07, 6.45) is 0.834. The number of amidine groups is 1. The lowest BCUT2D eigenvalue weighted by atomic mass is 10.2. The van der Waals surface area contributed by atoms with Crippen molar-refractivity contribution in [1.29, 1.82) is 0 Å². The van der Waals surface area contributed by atoms with E-state index in [2.05, 4.69) is 15.2 Å². The van der Waals surface area contributed by atoms with Gasteiger partial charge in [-0.2, -0.15) is 8.78 Å². The first-order valence-electron chi connectivity index (χ1n) is 5.82. The van der Waals surface area contributed by atoms with Crippen molar-refractivity contribution in [3.8, 4) is 5.75 Å². The van der Waals surface area contributed by atoms with Gasteiger partial charge in [-0.3, -0.25) is 4.79 Å². The second-order valence-electron chi connectivity index (χ2n) is 3.86. The Morgan fingerprint density at radius 2 is 2.25 bits per heavy atom. The van der Waals surface area contributed by atoms with E-state index in [1.165, 1.54) is 24.3 Å². The number of alkyl halides is 2. The highest BCUT2D eigenvalue weighted by atomic mass is 19.3. The molecule has 4 N–H and O–H groups in total. The van der Waals surface area contributed by atoms with Crippen LogP contribution in [0.1, 0.15) is 23.2 Å². The molecule has 1 aromatic carbocycles. The van der Waals surface area contributed by atoms with E-state index in [-0.39, 0.29) is 17.1 Å². The van der Waals surface area contributed by atoms with Gasteiger partial charge in [0.25, 0.3) is 5.91 Å². The number of benzene rings is 1. The summed E-state index contributed by atoms with van der Waals surface area (Å²) in [6.45, 7) is -2.62. The third-order valence-electron chi connectivity index (χ3n) is 2.35. The van der Waals surface area contributed by atoms with Crippen molar-refractivity contribution >= 4 is 11.7 Å². The molecule has 0 aromatic heterocycles. The molecule has 0 saturated heterocycles. The molecule has 8 heteroatoms. The third kappa shape index (κ3) is 5.51. The first kappa shape index (κ1) is 15.7. The van der Waals surface area contributed by atoms with Gasteiger partial charge in [-0.1, -0.05) is 11.2 Å². The van der Waals surface area contributed by atoms with Crippen LogP contribution in [-0.4, -0.2) is 30.1 Å². The number of amides is 1. The predicted octanol–water partition coefficient (Wildman–Crippen LogP) is 1.54. The fourth-order valence-electron chi connectivity index (χ4n) is 1.44. The van der Waals surface area contributed by atoms with Crippen molar-refractivity contribution in [2.75, 3.05) is 6.54 Å². The molecular formula is C12H15F2N3O3. The van der Waals surface area contributed by atoms with Gasteiger partial charge in [-0.15, -0.1) is 0 Å². The molecule has 0 bridgehead atoms. The zero-order valence-corrected chi connectivity index (χ0v) is 10.6. The molecule has 0 radical (unpaired) electrons. The monoisotopic (exact) mass is 287 g/mol. The van der Waals surface area contributed by atoms with Gasteiger partial charge in [0.05, 0.1) is 0 Å². The van der Waals surface area contributed by atoms with Crippen LogP contribution in [0.15, 0.2) is 29.4 Å². The van der Waals surface area contributed by atoms with E-state index >= 15 is 0 Å². The van der Waals surface area contributed by atoms with Crippen LogP contribution < -0.4 is 15.8 Å². The lowest BCUT2D eigenvalue weighted by Crippen LogP contribution is -2.25. The predicted molar refractivity (Wildman–Crippen MR) is 68.1 cm³/mol. The summed E-state index contributed by atoms with van der Waals surface area (Å²) in [5.74, 6) is -0.417. The number of rotatable bonds is 7. The van der Waals surface area contributed by atoms with Gasteiger partial charge in [-0.25, -0.2) is 0 Å². The molecule has 0 unspecified atom stereocenters. The highest BCUT2D eigenvalue weighted by molar-refractivity contribution is 5.94. The van der Waals surface area contributed by atoms with Gasteiger partial charge in [0.15, 0.2) is 0 Å². The first-order chi connectivity index (χ1) is 9.52. The molecule has 110 valence electrons. The van der Waals surface area contributed by atoms with E-state index in [1.807, 2.05) is 0 Å². The molecule has 0 spiro atoms. The molecule has 0 aliphatic heterocycles. The Morgan fingerprint density at radius 1 is 1.50 bits per heavy atom. The van der Waals surface area contributed by atoms with Gasteiger partial charge >= 0.3 is 6.61 Å². The molecule has 6 nitrogen and oxygen atoms in total. The van der Waals surface area contributed by atoms with Crippen LogP contribution in [0.2, 0.25) is 0 Å². The van der Waals surface area contributed by atoms with E-state index in [1.54, 1.807) is 0 Å². The molecule has 20 heavy (non-hydrogen) atoms. The van der Waals surface area contributed by atoms with Crippen LogP contribution in [-0.2, 0) is 0 Å².